The summed E-state index contributed by atoms with van der Waals surface area (Å²) in [6, 6.07) is 4.25. The maximum absolute atomic E-state index is 12.7. The van der Waals surface area contributed by atoms with Gasteiger partial charge in [0.2, 0.25) is 0 Å². The lowest BCUT2D eigenvalue weighted by Crippen LogP contribution is -2.48. The average molecular weight is 292 g/mol. The molecule has 1 atom stereocenters. The second-order valence-corrected chi connectivity index (χ2v) is 6.02. The van der Waals surface area contributed by atoms with Gasteiger partial charge in [0.15, 0.2) is 0 Å². The van der Waals surface area contributed by atoms with Crippen molar-refractivity contribution in [2.45, 2.75) is 45.3 Å². The van der Waals surface area contributed by atoms with Crippen LogP contribution < -0.4 is 0 Å². The summed E-state index contributed by atoms with van der Waals surface area (Å²) in [7, 11) is 0. The van der Waals surface area contributed by atoms with E-state index in [2.05, 4.69) is 0 Å². The highest BCUT2D eigenvalue weighted by Crippen LogP contribution is 2.30. The topological polar surface area (TPSA) is 83.7 Å². The molecule has 1 heterocycles. The second-order valence-electron chi connectivity index (χ2n) is 6.02. The molecule has 0 saturated carbocycles. The molecular formula is C15H20N2O4. The standard InChI is InChI=1S/C15H20N2O4/c1-10-11(6-4-7-12(10)17(20)21)14(18)16-9-5-8-13(16)15(2,3)19/h4,6-7,13,19H,5,8-9H2,1-3H3. The lowest BCUT2D eigenvalue weighted by atomic mass is 9.96. The molecule has 6 nitrogen and oxygen atoms in total. The summed E-state index contributed by atoms with van der Waals surface area (Å²) in [5, 5.41) is 21.2. The van der Waals surface area contributed by atoms with Gasteiger partial charge in [-0.25, -0.2) is 0 Å². The first kappa shape index (κ1) is 15.4. The van der Waals surface area contributed by atoms with E-state index in [1.54, 1.807) is 31.7 Å². The van der Waals surface area contributed by atoms with E-state index < -0.39 is 10.5 Å². The van der Waals surface area contributed by atoms with Gasteiger partial charge < -0.3 is 10.0 Å². The van der Waals surface area contributed by atoms with Crippen LogP contribution in [0.5, 0.6) is 0 Å². The van der Waals surface area contributed by atoms with Crippen LogP contribution in [0.15, 0.2) is 18.2 Å². The van der Waals surface area contributed by atoms with Gasteiger partial charge in [0, 0.05) is 23.7 Å². The Morgan fingerprint density at radius 2 is 2.14 bits per heavy atom. The Labute approximate surface area is 123 Å². The highest BCUT2D eigenvalue weighted by molar-refractivity contribution is 5.97. The molecule has 1 amide bonds. The van der Waals surface area contributed by atoms with E-state index in [9.17, 15) is 20.0 Å². The van der Waals surface area contributed by atoms with Gasteiger partial charge >= 0.3 is 0 Å². The number of nitro groups is 1. The van der Waals surface area contributed by atoms with E-state index in [1.165, 1.54) is 12.1 Å². The Kier molecular flexibility index (Phi) is 4.00. The van der Waals surface area contributed by atoms with E-state index in [4.69, 9.17) is 0 Å². The van der Waals surface area contributed by atoms with Crippen molar-refractivity contribution >= 4 is 11.6 Å². The van der Waals surface area contributed by atoms with Crippen molar-refractivity contribution in [3.63, 3.8) is 0 Å². The summed E-state index contributed by atoms with van der Waals surface area (Å²) in [6.07, 6.45) is 1.57. The number of carbonyl (C=O) groups excluding carboxylic acids is 1. The summed E-state index contributed by atoms with van der Waals surface area (Å²) in [4.78, 5) is 24.8. The Hall–Kier alpha value is -1.95. The Morgan fingerprint density at radius 1 is 1.48 bits per heavy atom. The fraction of sp³-hybridized carbons (Fsp3) is 0.533. The van der Waals surface area contributed by atoms with Crippen LogP contribution in [0.4, 0.5) is 5.69 Å². The lowest BCUT2D eigenvalue weighted by molar-refractivity contribution is -0.385. The molecule has 0 spiro atoms. The van der Waals surface area contributed by atoms with E-state index >= 15 is 0 Å². The molecule has 0 bridgehead atoms. The van der Waals surface area contributed by atoms with Gasteiger partial charge in [-0.15, -0.1) is 0 Å². The minimum Gasteiger partial charge on any atom is -0.388 e. The molecule has 2 rings (SSSR count). The number of aliphatic hydroxyl groups is 1. The third-order valence-corrected chi connectivity index (χ3v) is 4.06. The minimum atomic E-state index is -0.985. The molecule has 0 aliphatic carbocycles. The summed E-state index contributed by atoms with van der Waals surface area (Å²) >= 11 is 0. The number of rotatable bonds is 3. The normalized spacial score (nSPS) is 18.9. The maximum atomic E-state index is 12.7. The predicted octanol–water partition coefficient (Wildman–Crippen LogP) is 2.28. The maximum Gasteiger partial charge on any atom is 0.273 e. The zero-order chi connectivity index (χ0) is 15.8. The number of benzene rings is 1. The highest BCUT2D eigenvalue weighted by atomic mass is 16.6. The van der Waals surface area contributed by atoms with Gasteiger partial charge in [0.05, 0.1) is 16.6 Å². The summed E-state index contributed by atoms with van der Waals surface area (Å²) in [5.41, 5.74) is -0.338. The molecular weight excluding hydrogens is 272 g/mol. The first-order valence-corrected chi connectivity index (χ1v) is 7.01. The molecule has 114 valence electrons. The number of likely N-dealkylation sites (tertiary alicyclic amines) is 1. The predicted molar refractivity (Wildman–Crippen MR) is 78.2 cm³/mol. The smallest absolute Gasteiger partial charge is 0.273 e. The van der Waals surface area contributed by atoms with Gasteiger partial charge in [-0.2, -0.15) is 0 Å². The van der Waals surface area contributed by atoms with Crippen molar-refractivity contribution in [1.29, 1.82) is 0 Å². The number of hydrogen-bond donors (Lipinski definition) is 1. The number of carbonyl (C=O) groups is 1. The lowest BCUT2D eigenvalue weighted by Gasteiger charge is -2.34. The van der Waals surface area contributed by atoms with Crippen molar-refractivity contribution in [2.75, 3.05) is 6.54 Å². The molecule has 0 aromatic heterocycles. The fourth-order valence-corrected chi connectivity index (χ4v) is 2.95. The van der Waals surface area contributed by atoms with Crippen LogP contribution in [0.3, 0.4) is 0 Å². The van der Waals surface area contributed by atoms with Crippen LogP contribution in [0.25, 0.3) is 0 Å². The second kappa shape index (κ2) is 5.44. The molecule has 21 heavy (non-hydrogen) atoms. The van der Waals surface area contributed by atoms with Crippen molar-refractivity contribution in [1.82, 2.24) is 4.90 Å². The molecule has 1 aliphatic rings. The molecule has 1 fully saturated rings. The summed E-state index contributed by atoms with van der Waals surface area (Å²) in [6.45, 7) is 5.52. The van der Waals surface area contributed by atoms with Crippen molar-refractivity contribution in [3.05, 3.63) is 39.4 Å². The Bertz CT molecular complexity index is 578. The van der Waals surface area contributed by atoms with Gasteiger partial charge in [-0.1, -0.05) is 6.07 Å². The number of amides is 1. The van der Waals surface area contributed by atoms with Crippen molar-refractivity contribution in [3.8, 4) is 0 Å². The molecule has 1 aromatic carbocycles. The molecule has 6 heteroatoms. The zero-order valence-electron chi connectivity index (χ0n) is 12.5. The van der Waals surface area contributed by atoms with Gasteiger partial charge in [-0.3, -0.25) is 14.9 Å². The zero-order valence-corrected chi connectivity index (χ0v) is 12.5. The van der Waals surface area contributed by atoms with E-state index in [-0.39, 0.29) is 17.6 Å². The Morgan fingerprint density at radius 3 is 2.71 bits per heavy atom. The molecule has 1 aliphatic heterocycles. The van der Waals surface area contributed by atoms with Crippen LogP contribution in [0.2, 0.25) is 0 Å². The van der Waals surface area contributed by atoms with E-state index in [0.717, 1.165) is 12.8 Å². The van der Waals surface area contributed by atoms with E-state index in [1.807, 2.05) is 0 Å². The number of nitro benzene ring substituents is 1. The van der Waals surface area contributed by atoms with Crippen LogP contribution in [0.1, 0.15) is 42.6 Å². The quantitative estimate of drug-likeness (QED) is 0.684. The van der Waals surface area contributed by atoms with E-state index in [0.29, 0.717) is 17.7 Å². The number of hydrogen-bond acceptors (Lipinski definition) is 4. The third-order valence-electron chi connectivity index (χ3n) is 4.06. The monoisotopic (exact) mass is 292 g/mol. The fourth-order valence-electron chi connectivity index (χ4n) is 2.95. The van der Waals surface area contributed by atoms with Gasteiger partial charge in [0.1, 0.15) is 0 Å². The summed E-state index contributed by atoms with van der Waals surface area (Å²) in [5.74, 6) is -0.249. The molecule has 1 N–H and O–H groups in total. The van der Waals surface area contributed by atoms with Crippen LogP contribution >= 0.6 is 0 Å². The first-order chi connectivity index (χ1) is 9.73. The largest absolute Gasteiger partial charge is 0.388 e. The van der Waals surface area contributed by atoms with Crippen LogP contribution in [-0.4, -0.2) is 39.0 Å². The number of nitrogens with zero attached hydrogens (tertiary/aromatic N) is 2. The third kappa shape index (κ3) is 2.90. The van der Waals surface area contributed by atoms with Crippen LogP contribution in [0, 0.1) is 17.0 Å². The molecule has 1 unspecified atom stereocenters. The van der Waals surface area contributed by atoms with Gasteiger partial charge in [0.25, 0.3) is 11.6 Å². The molecule has 1 saturated heterocycles. The Balaban J connectivity index is 2.37. The van der Waals surface area contributed by atoms with Crippen molar-refractivity contribution in [2.24, 2.45) is 0 Å². The molecule has 0 radical (unpaired) electrons. The minimum absolute atomic E-state index is 0.0557. The van der Waals surface area contributed by atoms with Gasteiger partial charge in [-0.05, 0) is 39.7 Å². The van der Waals surface area contributed by atoms with Crippen LogP contribution in [-0.2, 0) is 0 Å². The van der Waals surface area contributed by atoms with Crippen molar-refractivity contribution < 1.29 is 14.8 Å². The average Bonchev–Trinajstić information content (AvgIpc) is 2.87. The molecule has 1 aromatic rings. The SMILES string of the molecule is Cc1c(C(=O)N2CCCC2C(C)(C)O)cccc1[N+](=O)[O-]. The first-order valence-electron chi connectivity index (χ1n) is 7.01. The highest BCUT2D eigenvalue weighted by Gasteiger charge is 2.39. The summed E-state index contributed by atoms with van der Waals surface area (Å²) < 4.78 is 0.